The fourth-order valence-electron chi connectivity index (χ4n) is 3.63. The number of fused-ring (bicyclic) bond motifs is 1. The van der Waals surface area contributed by atoms with Gasteiger partial charge in [0.25, 0.3) is 15.9 Å². The Labute approximate surface area is 187 Å². The molecule has 0 spiro atoms. The summed E-state index contributed by atoms with van der Waals surface area (Å²) in [5, 5.41) is 2.80. The van der Waals surface area contributed by atoms with Crippen LogP contribution >= 0.6 is 0 Å². The first-order chi connectivity index (χ1) is 15.1. The number of ether oxygens (including phenoxy) is 1. The van der Waals surface area contributed by atoms with Gasteiger partial charge in [-0.2, -0.15) is 0 Å². The monoisotopic (exact) mass is 452 g/mol. The van der Waals surface area contributed by atoms with Gasteiger partial charge < -0.3 is 10.1 Å². The number of hydrogen-bond acceptors (Lipinski definition) is 6. The van der Waals surface area contributed by atoms with Crippen LogP contribution in [0.3, 0.4) is 0 Å². The predicted molar refractivity (Wildman–Crippen MR) is 122 cm³/mol. The molecule has 1 aliphatic rings. The van der Waals surface area contributed by atoms with Crippen LogP contribution in [0, 0.1) is 13.8 Å². The summed E-state index contributed by atoms with van der Waals surface area (Å²) in [7, 11) is -3.87. The molecule has 0 unspecified atom stereocenters. The average molecular weight is 453 g/mol. The number of benzene rings is 2. The third-order valence-corrected chi connectivity index (χ3v) is 6.76. The van der Waals surface area contributed by atoms with E-state index in [1.165, 1.54) is 24.3 Å². The molecule has 0 saturated heterocycles. The van der Waals surface area contributed by atoms with Crippen LogP contribution in [0.4, 0.5) is 11.6 Å². The average Bonchev–Trinajstić information content (AvgIpc) is 3.01. The van der Waals surface area contributed by atoms with Gasteiger partial charge in [0.2, 0.25) is 5.95 Å². The molecular weight excluding hydrogens is 428 g/mol. The standard InChI is InChI=1S/C23H24N4O4S/c1-13-12-14(2)25-23(24-13)27-32(29,30)18-10-8-17(9-11-18)26-22(28)20-7-5-6-19-15(3)16(4)31-21(19)20/h5-12,15-16H,1-4H3,(H,26,28)(H,24,25,27)/t15-,16-/m1/s1. The van der Waals surface area contributed by atoms with Crippen molar-refractivity contribution in [2.75, 3.05) is 10.0 Å². The number of para-hydroxylation sites is 1. The molecule has 2 heterocycles. The van der Waals surface area contributed by atoms with Gasteiger partial charge in [0, 0.05) is 28.6 Å². The second-order valence-electron chi connectivity index (χ2n) is 7.89. The molecule has 1 aliphatic heterocycles. The Kier molecular flexibility index (Phi) is 5.60. The van der Waals surface area contributed by atoms with Crippen LogP contribution in [0.25, 0.3) is 0 Å². The van der Waals surface area contributed by atoms with Gasteiger partial charge in [0.05, 0.1) is 10.5 Å². The zero-order valence-corrected chi connectivity index (χ0v) is 19.0. The van der Waals surface area contributed by atoms with E-state index in [1.54, 1.807) is 26.0 Å². The van der Waals surface area contributed by atoms with Gasteiger partial charge >= 0.3 is 0 Å². The predicted octanol–water partition coefficient (Wildman–Crippen LogP) is 4.03. The number of aryl methyl sites for hydroxylation is 2. The number of nitrogens with zero attached hydrogens (tertiary/aromatic N) is 2. The quantitative estimate of drug-likeness (QED) is 0.605. The molecule has 1 aromatic heterocycles. The number of anilines is 2. The molecule has 3 aromatic rings. The Morgan fingerprint density at radius 3 is 2.31 bits per heavy atom. The van der Waals surface area contributed by atoms with Gasteiger partial charge in [-0.15, -0.1) is 0 Å². The second-order valence-corrected chi connectivity index (χ2v) is 9.58. The molecule has 9 heteroatoms. The second kappa shape index (κ2) is 8.23. The van der Waals surface area contributed by atoms with Crippen molar-refractivity contribution in [3.63, 3.8) is 0 Å². The summed E-state index contributed by atoms with van der Waals surface area (Å²) in [6.45, 7) is 7.56. The summed E-state index contributed by atoms with van der Waals surface area (Å²) in [5.41, 5.74) is 3.24. The number of aromatic nitrogens is 2. The molecule has 32 heavy (non-hydrogen) atoms. The van der Waals surface area contributed by atoms with E-state index in [0.717, 1.165) is 5.56 Å². The maximum atomic E-state index is 12.8. The van der Waals surface area contributed by atoms with Crippen molar-refractivity contribution in [2.24, 2.45) is 0 Å². The van der Waals surface area contributed by atoms with Gasteiger partial charge in [-0.3, -0.25) is 4.79 Å². The third-order valence-electron chi connectivity index (χ3n) is 5.42. The minimum Gasteiger partial charge on any atom is -0.489 e. The lowest BCUT2D eigenvalue weighted by atomic mass is 9.97. The summed E-state index contributed by atoms with van der Waals surface area (Å²) in [6.07, 6.45) is -0.00268. The molecule has 1 amide bonds. The highest BCUT2D eigenvalue weighted by atomic mass is 32.2. The normalized spacial score (nSPS) is 17.4. The number of sulfonamides is 1. The lowest BCUT2D eigenvalue weighted by molar-refractivity contribution is 0.102. The molecule has 2 aromatic carbocycles. The lowest BCUT2D eigenvalue weighted by Crippen LogP contribution is -2.16. The molecule has 0 bridgehead atoms. The number of hydrogen-bond donors (Lipinski definition) is 2. The van der Waals surface area contributed by atoms with Crippen LogP contribution in [0.5, 0.6) is 5.75 Å². The Morgan fingerprint density at radius 2 is 1.66 bits per heavy atom. The summed E-state index contributed by atoms with van der Waals surface area (Å²) >= 11 is 0. The van der Waals surface area contributed by atoms with Crippen molar-refractivity contribution in [1.29, 1.82) is 0 Å². The maximum absolute atomic E-state index is 12.8. The van der Waals surface area contributed by atoms with Crippen LogP contribution in [0.1, 0.15) is 47.1 Å². The molecule has 0 saturated carbocycles. The molecular formula is C23H24N4O4S. The van der Waals surface area contributed by atoms with Crippen molar-refractivity contribution < 1.29 is 17.9 Å². The van der Waals surface area contributed by atoms with Crippen molar-refractivity contribution in [3.8, 4) is 5.75 Å². The van der Waals surface area contributed by atoms with E-state index in [4.69, 9.17) is 4.74 Å². The topological polar surface area (TPSA) is 110 Å². The van der Waals surface area contributed by atoms with E-state index in [2.05, 4.69) is 26.9 Å². The minimum absolute atomic E-state index is 0.00268. The highest BCUT2D eigenvalue weighted by Crippen LogP contribution is 2.40. The number of carbonyl (C=O) groups is 1. The highest BCUT2D eigenvalue weighted by molar-refractivity contribution is 7.92. The zero-order valence-electron chi connectivity index (χ0n) is 18.2. The minimum atomic E-state index is -3.87. The molecule has 2 N–H and O–H groups in total. The van der Waals surface area contributed by atoms with Crippen molar-refractivity contribution in [3.05, 3.63) is 71.0 Å². The first-order valence-corrected chi connectivity index (χ1v) is 11.7. The Balaban J connectivity index is 1.50. The van der Waals surface area contributed by atoms with Gasteiger partial charge in [-0.1, -0.05) is 19.1 Å². The van der Waals surface area contributed by atoms with Crippen LogP contribution in [0.2, 0.25) is 0 Å². The number of nitrogens with one attached hydrogen (secondary N) is 2. The summed E-state index contributed by atoms with van der Waals surface area (Å²) < 4.78 is 33.6. The smallest absolute Gasteiger partial charge is 0.264 e. The first kappa shape index (κ1) is 21.8. The maximum Gasteiger partial charge on any atom is 0.264 e. The van der Waals surface area contributed by atoms with Crippen LogP contribution in [-0.2, 0) is 10.0 Å². The van der Waals surface area contributed by atoms with E-state index in [1.807, 2.05) is 19.1 Å². The Hall–Kier alpha value is -3.46. The fourth-order valence-corrected chi connectivity index (χ4v) is 4.58. The number of carbonyl (C=O) groups excluding carboxylic acids is 1. The van der Waals surface area contributed by atoms with E-state index < -0.39 is 10.0 Å². The molecule has 0 radical (unpaired) electrons. The molecule has 8 nitrogen and oxygen atoms in total. The SMILES string of the molecule is Cc1cc(C)nc(NS(=O)(=O)c2ccc(NC(=O)c3cccc4c3O[C@H](C)[C@H]4C)cc2)n1. The van der Waals surface area contributed by atoms with Gasteiger partial charge in [0.15, 0.2) is 0 Å². The summed E-state index contributed by atoms with van der Waals surface area (Å²) in [6, 6.07) is 13.2. The van der Waals surface area contributed by atoms with Gasteiger partial charge in [-0.05, 0) is 57.2 Å². The zero-order chi connectivity index (χ0) is 23.0. The van der Waals surface area contributed by atoms with Crippen LogP contribution in [0.15, 0.2) is 53.4 Å². The molecule has 2 atom stereocenters. The van der Waals surface area contributed by atoms with E-state index in [9.17, 15) is 13.2 Å². The van der Waals surface area contributed by atoms with Crippen LogP contribution in [-0.4, -0.2) is 30.4 Å². The summed E-state index contributed by atoms with van der Waals surface area (Å²) in [4.78, 5) is 21.1. The molecule has 4 rings (SSSR count). The van der Waals surface area contributed by atoms with Crippen molar-refractivity contribution in [2.45, 2.75) is 44.6 Å². The number of rotatable bonds is 5. The largest absolute Gasteiger partial charge is 0.489 e. The fraction of sp³-hybridized carbons (Fsp3) is 0.261. The van der Waals surface area contributed by atoms with E-state index in [0.29, 0.717) is 28.4 Å². The Morgan fingerprint density at radius 1 is 1.00 bits per heavy atom. The molecule has 0 aliphatic carbocycles. The van der Waals surface area contributed by atoms with E-state index in [-0.39, 0.29) is 28.8 Å². The Bertz CT molecular complexity index is 1270. The molecule has 0 fully saturated rings. The van der Waals surface area contributed by atoms with Crippen LogP contribution < -0.4 is 14.8 Å². The summed E-state index contributed by atoms with van der Waals surface area (Å²) in [5.74, 6) is 0.500. The number of amides is 1. The van der Waals surface area contributed by atoms with Gasteiger partial charge in [-0.25, -0.2) is 23.1 Å². The van der Waals surface area contributed by atoms with Gasteiger partial charge in [0.1, 0.15) is 11.9 Å². The third kappa shape index (κ3) is 4.29. The van der Waals surface area contributed by atoms with E-state index >= 15 is 0 Å². The highest BCUT2D eigenvalue weighted by Gasteiger charge is 2.31. The first-order valence-electron chi connectivity index (χ1n) is 10.2. The van der Waals surface area contributed by atoms with Crippen molar-refractivity contribution >= 4 is 27.6 Å². The molecule has 166 valence electrons. The lowest BCUT2D eigenvalue weighted by Gasteiger charge is -2.11. The van der Waals surface area contributed by atoms with Crippen molar-refractivity contribution in [1.82, 2.24) is 9.97 Å².